The lowest BCUT2D eigenvalue weighted by Crippen LogP contribution is -2.01. The molecule has 0 saturated carbocycles. The minimum Gasteiger partial charge on any atom is -0.476 e. The summed E-state index contributed by atoms with van der Waals surface area (Å²) in [5.41, 5.74) is -0.0746. The van der Waals surface area contributed by atoms with Gasteiger partial charge in [-0.15, -0.1) is 10.2 Å². The molecule has 0 aromatic carbocycles. The van der Waals surface area contributed by atoms with Gasteiger partial charge in [-0.1, -0.05) is 0 Å². The van der Waals surface area contributed by atoms with E-state index >= 15 is 0 Å². The van der Waals surface area contributed by atoms with Crippen molar-refractivity contribution in [2.75, 3.05) is 0 Å². The molecule has 1 N–H and O–H groups in total. The molecule has 2 aromatic heterocycles. The van der Waals surface area contributed by atoms with Gasteiger partial charge in [0.2, 0.25) is 0 Å². The molecule has 0 atom stereocenters. The van der Waals surface area contributed by atoms with E-state index in [1.54, 1.807) is 12.3 Å². The third kappa shape index (κ3) is 3.01. The van der Waals surface area contributed by atoms with Crippen LogP contribution in [0.4, 0.5) is 0 Å². The van der Waals surface area contributed by atoms with E-state index in [2.05, 4.69) is 31.1 Å². The summed E-state index contributed by atoms with van der Waals surface area (Å²) in [4.78, 5) is 14.8. The van der Waals surface area contributed by atoms with Crippen molar-refractivity contribution < 1.29 is 9.90 Å². The smallest absolute Gasteiger partial charge is 0.356 e. The first-order chi connectivity index (χ1) is 8.16. The number of carboxylic acid groups (broad SMARTS) is 1. The number of hydrogen-bond acceptors (Lipinski definition) is 5. The van der Waals surface area contributed by atoms with Gasteiger partial charge in [-0.25, -0.2) is 9.78 Å². The number of hydrogen-bond donors (Lipinski definition) is 1. The van der Waals surface area contributed by atoms with Gasteiger partial charge in [-0.05, 0) is 52.0 Å². The molecule has 0 fully saturated rings. The SMILES string of the molecule is O=C(O)c1ccc(Sc2ncccc2Br)nn1. The second-order valence-electron chi connectivity index (χ2n) is 2.95. The standard InChI is InChI=1S/C10H6BrN3O2S/c11-6-2-1-5-12-9(6)17-8-4-3-7(10(15)16)13-14-8/h1-5H,(H,15,16). The predicted octanol–water partition coefficient (Wildman–Crippen LogP) is 2.48. The van der Waals surface area contributed by atoms with E-state index in [0.29, 0.717) is 5.03 Å². The molecule has 7 heteroatoms. The maximum Gasteiger partial charge on any atom is 0.356 e. The Kier molecular flexibility index (Phi) is 3.70. The average molecular weight is 312 g/mol. The van der Waals surface area contributed by atoms with Crippen LogP contribution in [0.3, 0.4) is 0 Å². The molecule has 0 aliphatic rings. The predicted molar refractivity (Wildman–Crippen MR) is 65.1 cm³/mol. The molecule has 0 unspecified atom stereocenters. The van der Waals surface area contributed by atoms with E-state index in [9.17, 15) is 4.79 Å². The highest BCUT2D eigenvalue weighted by Gasteiger charge is 2.08. The summed E-state index contributed by atoms with van der Waals surface area (Å²) in [7, 11) is 0. The average Bonchev–Trinajstić information content (AvgIpc) is 2.33. The molecule has 0 aliphatic heterocycles. The van der Waals surface area contributed by atoms with E-state index in [1.807, 2.05) is 12.1 Å². The highest BCUT2D eigenvalue weighted by molar-refractivity contribution is 9.10. The highest BCUT2D eigenvalue weighted by atomic mass is 79.9. The lowest BCUT2D eigenvalue weighted by Gasteiger charge is -2.01. The fourth-order valence-corrected chi connectivity index (χ4v) is 2.23. The molecule has 0 radical (unpaired) electrons. The molecule has 17 heavy (non-hydrogen) atoms. The summed E-state index contributed by atoms with van der Waals surface area (Å²) in [6, 6.07) is 6.69. The monoisotopic (exact) mass is 311 g/mol. The van der Waals surface area contributed by atoms with E-state index in [0.717, 1.165) is 9.50 Å². The van der Waals surface area contributed by atoms with Gasteiger partial charge in [0.05, 0.1) is 4.47 Å². The van der Waals surface area contributed by atoms with Crippen LogP contribution in [0.2, 0.25) is 0 Å². The van der Waals surface area contributed by atoms with Crippen molar-refractivity contribution in [2.45, 2.75) is 10.1 Å². The maximum absolute atomic E-state index is 10.6. The van der Waals surface area contributed by atoms with E-state index in [4.69, 9.17) is 5.11 Å². The molecule has 0 amide bonds. The number of halogens is 1. The zero-order valence-corrected chi connectivity index (χ0v) is 10.8. The van der Waals surface area contributed by atoms with Gasteiger partial charge in [0.25, 0.3) is 0 Å². The second kappa shape index (κ2) is 5.24. The van der Waals surface area contributed by atoms with Gasteiger partial charge >= 0.3 is 5.97 Å². The van der Waals surface area contributed by atoms with Gasteiger partial charge < -0.3 is 5.11 Å². The lowest BCUT2D eigenvalue weighted by molar-refractivity contribution is 0.0689. The fraction of sp³-hybridized carbons (Fsp3) is 0. The summed E-state index contributed by atoms with van der Waals surface area (Å²) < 4.78 is 0.856. The molecule has 5 nitrogen and oxygen atoms in total. The van der Waals surface area contributed by atoms with Crippen LogP contribution < -0.4 is 0 Å². The summed E-state index contributed by atoms with van der Waals surface area (Å²) in [6.07, 6.45) is 1.67. The number of aromatic nitrogens is 3. The Morgan fingerprint density at radius 3 is 2.71 bits per heavy atom. The summed E-state index contributed by atoms with van der Waals surface area (Å²) in [5, 5.41) is 17.4. The van der Waals surface area contributed by atoms with Gasteiger partial charge in [0.1, 0.15) is 10.1 Å². The van der Waals surface area contributed by atoms with Crippen molar-refractivity contribution in [3.8, 4) is 0 Å². The third-order valence-electron chi connectivity index (χ3n) is 1.79. The summed E-state index contributed by atoms with van der Waals surface area (Å²) in [6.45, 7) is 0. The number of nitrogens with zero attached hydrogens (tertiary/aromatic N) is 3. The summed E-state index contributed by atoms with van der Waals surface area (Å²) in [5.74, 6) is -1.09. The first-order valence-electron chi connectivity index (χ1n) is 4.52. The van der Waals surface area contributed by atoms with Crippen LogP contribution >= 0.6 is 27.7 Å². The molecule has 0 aliphatic carbocycles. The minimum atomic E-state index is -1.09. The number of pyridine rings is 1. The van der Waals surface area contributed by atoms with Crippen LogP contribution in [-0.4, -0.2) is 26.3 Å². The van der Waals surface area contributed by atoms with Gasteiger partial charge in [-0.3, -0.25) is 0 Å². The van der Waals surface area contributed by atoms with Gasteiger partial charge in [0, 0.05) is 6.20 Å². The highest BCUT2D eigenvalue weighted by Crippen LogP contribution is 2.29. The van der Waals surface area contributed by atoms with Crippen molar-refractivity contribution in [3.05, 3.63) is 40.6 Å². The molecule has 2 aromatic rings. The van der Waals surface area contributed by atoms with Crippen LogP contribution in [0.25, 0.3) is 0 Å². The lowest BCUT2D eigenvalue weighted by atomic mass is 10.4. The maximum atomic E-state index is 10.6. The first-order valence-corrected chi connectivity index (χ1v) is 6.13. The molecule has 2 rings (SSSR count). The zero-order chi connectivity index (χ0) is 12.3. The minimum absolute atomic E-state index is 0.0746. The molecule has 2 heterocycles. The Balaban J connectivity index is 2.20. The Labute approximate surface area is 109 Å². The Morgan fingerprint density at radius 1 is 1.29 bits per heavy atom. The van der Waals surface area contributed by atoms with Crippen LogP contribution in [0.5, 0.6) is 0 Å². The molecule has 86 valence electrons. The van der Waals surface area contributed by atoms with Gasteiger partial charge in [-0.2, -0.15) is 0 Å². The number of carbonyl (C=O) groups is 1. The molecular formula is C10H6BrN3O2S. The Bertz CT molecular complexity index is 548. The molecule has 0 bridgehead atoms. The third-order valence-corrected chi connectivity index (χ3v) is 3.63. The first kappa shape index (κ1) is 12.0. The molecule has 0 spiro atoms. The van der Waals surface area contributed by atoms with E-state index in [1.165, 1.54) is 17.8 Å². The normalized spacial score (nSPS) is 10.2. The fourth-order valence-electron chi connectivity index (χ4n) is 1.03. The number of carboxylic acids is 1. The van der Waals surface area contributed by atoms with Crippen LogP contribution in [0.1, 0.15) is 10.5 Å². The van der Waals surface area contributed by atoms with E-state index in [-0.39, 0.29) is 5.69 Å². The number of rotatable bonds is 3. The second-order valence-corrected chi connectivity index (χ2v) is 4.82. The van der Waals surface area contributed by atoms with Crippen LogP contribution in [0, 0.1) is 0 Å². The van der Waals surface area contributed by atoms with Crippen molar-refractivity contribution in [1.82, 2.24) is 15.2 Å². The van der Waals surface area contributed by atoms with Gasteiger partial charge in [0.15, 0.2) is 5.69 Å². The van der Waals surface area contributed by atoms with Crippen molar-refractivity contribution in [3.63, 3.8) is 0 Å². The zero-order valence-electron chi connectivity index (χ0n) is 8.37. The molecule has 0 saturated heterocycles. The quantitative estimate of drug-likeness (QED) is 0.938. The van der Waals surface area contributed by atoms with Crippen LogP contribution in [0.15, 0.2) is 45.0 Å². The Hall–Kier alpha value is -1.47. The number of aromatic carboxylic acids is 1. The largest absolute Gasteiger partial charge is 0.476 e. The van der Waals surface area contributed by atoms with Crippen molar-refractivity contribution >= 4 is 33.7 Å². The Morgan fingerprint density at radius 2 is 2.12 bits per heavy atom. The van der Waals surface area contributed by atoms with E-state index < -0.39 is 5.97 Å². The topological polar surface area (TPSA) is 76.0 Å². The van der Waals surface area contributed by atoms with Crippen molar-refractivity contribution in [1.29, 1.82) is 0 Å². The van der Waals surface area contributed by atoms with Crippen LogP contribution in [-0.2, 0) is 0 Å². The summed E-state index contributed by atoms with van der Waals surface area (Å²) >= 11 is 4.68. The molecular weight excluding hydrogens is 306 g/mol. The van der Waals surface area contributed by atoms with Crippen molar-refractivity contribution in [2.24, 2.45) is 0 Å².